The van der Waals surface area contributed by atoms with Gasteiger partial charge in [0.2, 0.25) is 5.91 Å². The van der Waals surface area contributed by atoms with Gasteiger partial charge in [-0.3, -0.25) is 14.5 Å². The van der Waals surface area contributed by atoms with E-state index in [1.54, 1.807) is 6.20 Å². The van der Waals surface area contributed by atoms with Gasteiger partial charge in [-0.25, -0.2) is 4.98 Å². The van der Waals surface area contributed by atoms with Gasteiger partial charge in [0.1, 0.15) is 5.65 Å². The van der Waals surface area contributed by atoms with Crippen LogP contribution in [0.4, 0.5) is 0 Å². The molecule has 3 heterocycles. The highest BCUT2D eigenvalue weighted by Crippen LogP contribution is 2.31. The molecule has 0 atom stereocenters. The number of aromatic nitrogens is 2. The Bertz CT molecular complexity index is 799. The molecule has 0 aromatic carbocycles. The molecule has 0 radical (unpaired) electrons. The fraction of sp³-hybridized carbons (Fsp3) is 0.389. The summed E-state index contributed by atoms with van der Waals surface area (Å²) in [6.45, 7) is 0. The minimum atomic E-state index is -0.111. The van der Waals surface area contributed by atoms with E-state index in [4.69, 9.17) is 0 Å². The van der Waals surface area contributed by atoms with E-state index in [2.05, 4.69) is 9.97 Å². The number of imide groups is 1. The van der Waals surface area contributed by atoms with Crippen LogP contribution in [-0.2, 0) is 9.59 Å². The van der Waals surface area contributed by atoms with Gasteiger partial charge in [-0.1, -0.05) is 19.3 Å². The molecular formula is C18H19N3O2. The minimum Gasteiger partial charge on any atom is -0.346 e. The summed E-state index contributed by atoms with van der Waals surface area (Å²) in [4.78, 5) is 33.9. The van der Waals surface area contributed by atoms with Crippen LogP contribution < -0.4 is 0 Å². The maximum absolute atomic E-state index is 12.7. The fourth-order valence-corrected chi connectivity index (χ4v) is 3.70. The SMILES string of the molecule is O=C1C/C(=C/c2c[nH]c3ncccc23)C(=O)N1C1CCCCC1. The maximum atomic E-state index is 12.7. The normalized spacial score (nSPS) is 21.7. The van der Waals surface area contributed by atoms with Gasteiger partial charge in [0.05, 0.1) is 6.42 Å². The highest BCUT2D eigenvalue weighted by atomic mass is 16.2. The van der Waals surface area contributed by atoms with Gasteiger partial charge in [0, 0.05) is 35.0 Å². The highest BCUT2D eigenvalue weighted by molar-refractivity contribution is 6.16. The van der Waals surface area contributed by atoms with E-state index in [0.29, 0.717) is 5.57 Å². The summed E-state index contributed by atoms with van der Waals surface area (Å²) < 4.78 is 0. The van der Waals surface area contributed by atoms with E-state index < -0.39 is 0 Å². The van der Waals surface area contributed by atoms with Crippen molar-refractivity contribution in [2.24, 2.45) is 0 Å². The summed E-state index contributed by atoms with van der Waals surface area (Å²) in [6.07, 6.45) is 10.9. The molecule has 2 aromatic heterocycles. The van der Waals surface area contributed by atoms with Crippen LogP contribution in [0.25, 0.3) is 17.1 Å². The van der Waals surface area contributed by atoms with Crippen molar-refractivity contribution in [3.8, 4) is 0 Å². The molecule has 1 aliphatic carbocycles. The van der Waals surface area contributed by atoms with Crippen LogP contribution in [0.1, 0.15) is 44.1 Å². The molecule has 5 nitrogen and oxygen atoms in total. The van der Waals surface area contributed by atoms with Gasteiger partial charge in [0.15, 0.2) is 0 Å². The lowest BCUT2D eigenvalue weighted by molar-refractivity contribution is -0.141. The minimum absolute atomic E-state index is 0.0499. The number of aromatic amines is 1. The molecule has 1 saturated carbocycles. The monoisotopic (exact) mass is 309 g/mol. The van der Waals surface area contributed by atoms with Crippen LogP contribution >= 0.6 is 0 Å². The lowest BCUT2D eigenvalue weighted by Gasteiger charge is -2.29. The van der Waals surface area contributed by atoms with Crippen molar-refractivity contribution in [1.82, 2.24) is 14.9 Å². The number of H-pyrrole nitrogens is 1. The Kier molecular flexibility index (Phi) is 3.48. The molecule has 4 rings (SSSR count). The smallest absolute Gasteiger partial charge is 0.257 e. The van der Waals surface area contributed by atoms with Gasteiger partial charge < -0.3 is 4.98 Å². The average Bonchev–Trinajstić information content (AvgIpc) is 3.10. The second kappa shape index (κ2) is 5.65. The standard InChI is InChI=1S/C18H19N3O2/c22-16-10-12(18(23)21(16)14-5-2-1-3-6-14)9-13-11-20-17-15(13)7-4-8-19-17/h4,7-9,11,14H,1-3,5-6,10H2,(H,19,20)/b12-9-. The van der Waals surface area contributed by atoms with Gasteiger partial charge in [0.25, 0.3) is 5.91 Å². The number of carbonyl (C=O) groups is 2. The summed E-state index contributed by atoms with van der Waals surface area (Å²) >= 11 is 0. The Labute approximate surface area is 134 Å². The molecule has 23 heavy (non-hydrogen) atoms. The summed E-state index contributed by atoms with van der Waals surface area (Å²) in [7, 11) is 0. The zero-order valence-corrected chi connectivity index (χ0v) is 12.9. The number of carbonyl (C=O) groups excluding carboxylic acids is 2. The van der Waals surface area contributed by atoms with Crippen LogP contribution in [0.15, 0.2) is 30.1 Å². The predicted molar refractivity (Wildman–Crippen MR) is 87.4 cm³/mol. The number of rotatable bonds is 2. The van der Waals surface area contributed by atoms with Gasteiger partial charge in [-0.05, 0) is 31.1 Å². The molecule has 2 aromatic rings. The molecule has 5 heteroatoms. The number of pyridine rings is 1. The molecule has 1 aliphatic heterocycles. The zero-order valence-electron chi connectivity index (χ0n) is 12.9. The van der Waals surface area contributed by atoms with Crippen LogP contribution in [0.3, 0.4) is 0 Å². The topological polar surface area (TPSA) is 66.1 Å². The molecule has 0 unspecified atom stereocenters. The average molecular weight is 309 g/mol. The molecular weight excluding hydrogens is 290 g/mol. The number of fused-ring (bicyclic) bond motifs is 1. The molecule has 1 saturated heterocycles. The van der Waals surface area contributed by atoms with Crippen molar-refractivity contribution in [1.29, 1.82) is 0 Å². The maximum Gasteiger partial charge on any atom is 0.257 e. The lowest BCUT2D eigenvalue weighted by Crippen LogP contribution is -2.40. The molecule has 0 bridgehead atoms. The van der Waals surface area contributed by atoms with Crippen molar-refractivity contribution < 1.29 is 9.59 Å². The van der Waals surface area contributed by atoms with Crippen molar-refractivity contribution >= 4 is 28.9 Å². The Morgan fingerprint density at radius 3 is 2.87 bits per heavy atom. The largest absolute Gasteiger partial charge is 0.346 e. The van der Waals surface area contributed by atoms with Crippen molar-refractivity contribution in [3.05, 3.63) is 35.7 Å². The van der Waals surface area contributed by atoms with Crippen LogP contribution in [0.5, 0.6) is 0 Å². The summed E-state index contributed by atoms with van der Waals surface area (Å²) in [5, 5.41) is 0.969. The fourth-order valence-electron chi connectivity index (χ4n) is 3.70. The number of nitrogens with zero attached hydrogens (tertiary/aromatic N) is 2. The lowest BCUT2D eigenvalue weighted by atomic mass is 9.94. The third-order valence-corrected chi connectivity index (χ3v) is 4.86. The van der Waals surface area contributed by atoms with Crippen molar-refractivity contribution in [2.45, 2.75) is 44.6 Å². The molecule has 2 fully saturated rings. The molecule has 118 valence electrons. The van der Waals surface area contributed by atoms with Gasteiger partial charge in [-0.15, -0.1) is 0 Å². The first-order valence-electron chi connectivity index (χ1n) is 8.23. The van der Waals surface area contributed by atoms with Crippen molar-refractivity contribution in [2.75, 3.05) is 0 Å². The van der Waals surface area contributed by atoms with Crippen LogP contribution in [-0.4, -0.2) is 32.7 Å². The Hall–Kier alpha value is -2.43. The third kappa shape index (κ3) is 2.46. The molecule has 1 N–H and O–H groups in total. The van der Waals surface area contributed by atoms with Gasteiger partial charge >= 0.3 is 0 Å². The number of hydrogen-bond acceptors (Lipinski definition) is 3. The van der Waals surface area contributed by atoms with E-state index in [0.717, 1.165) is 42.3 Å². The van der Waals surface area contributed by atoms with Crippen LogP contribution in [0, 0.1) is 0 Å². The number of hydrogen-bond donors (Lipinski definition) is 1. The van der Waals surface area contributed by atoms with E-state index in [1.807, 2.05) is 24.4 Å². The highest BCUT2D eigenvalue weighted by Gasteiger charge is 2.38. The summed E-state index contributed by atoms with van der Waals surface area (Å²) in [5.74, 6) is -0.161. The molecule has 2 aliphatic rings. The summed E-state index contributed by atoms with van der Waals surface area (Å²) in [5.41, 5.74) is 2.29. The first kappa shape index (κ1) is 14.2. The van der Waals surface area contributed by atoms with E-state index in [9.17, 15) is 9.59 Å². The second-order valence-corrected chi connectivity index (χ2v) is 6.35. The van der Waals surface area contributed by atoms with E-state index in [-0.39, 0.29) is 24.3 Å². The number of amides is 2. The molecule has 2 amide bonds. The number of nitrogens with one attached hydrogen (secondary N) is 1. The third-order valence-electron chi connectivity index (χ3n) is 4.86. The zero-order chi connectivity index (χ0) is 15.8. The van der Waals surface area contributed by atoms with Crippen LogP contribution in [0.2, 0.25) is 0 Å². The first-order valence-corrected chi connectivity index (χ1v) is 8.23. The Morgan fingerprint density at radius 1 is 1.22 bits per heavy atom. The number of likely N-dealkylation sites (tertiary alicyclic amines) is 1. The van der Waals surface area contributed by atoms with E-state index >= 15 is 0 Å². The predicted octanol–water partition coefficient (Wildman–Crippen LogP) is 3.04. The Balaban J connectivity index is 1.64. The molecule has 0 spiro atoms. The van der Waals surface area contributed by atoms with Gasteiger partial charge in [-0.2, -0.15) is 0 Å². The quantitative estimate of drug-likeness (QED) is 0.685. The Morgan fingerprint density at radius 2 is 2.04 bits per heavy atom. The van der Waals surface area contributed by atoms with E-state index in [1.165, 1.54) is 11.3 Å². The first-order chi connectivity index (χ1) is 11.2. The summed E-state index contributed by atoms with van der Waals surface area (Å²) in [6, 6.07) is 3.93. The van der Waals surface area contributed by atoms with Crippen molar-refractivity contribution in [3.63, 3.8) is 0 Å². The second-order valence-electron chi connectivity index (χ2n) is 6.35.